The van der Waals surface area contributed by atoms with Crippen molar-refractivity contribution in [3.63, 3.8) is 0 Å². The van der Waals surface area contributed by atoms with E-state index in [-0.39, 0.29) is 5.91 Å². The maximum absolute atomic E-state index is 12.4. The van der Waals surface area contributed by atoms with Crippen molar-refractivity contribution in [2.45, 2.75) is 32.1 Å². The minimum Gasteiger partial charge on any atom is -0.339 e. The van der Waals surface area contributed by atoms with Crippen LogP contribution in [0.25, 0.3) is 0 Å². The zero-order valence-corrected chi connectivity index (χ0v) is 11.8. The van der Waals surface area contributed by atoms with Crippen molar-refractivity contribution in [2.24, 2.45) is 0 Å². The average molecular weight is 286 g/mol. The quantitative estimate of drug-likeness (QED) is 0.749. The standard InChI is InChI=1S/C14H17Cl2NO/c15-11-6-7-12(13(16)10-11)14(18)17-8-4-2-1-3-5-9-17/h6-7,10H,1-5,8-9H2. The van der Waals surface area contributed by atoms with Crippen LogP contribution < -0.4 is 0 Å². The molecule has 0 N–H and O–H groups in total. The van der Waals surface area contributed by atoms with Crippen LogP contribution in [0, 0.1) is 0 Å². The van der Waals surface area contributed by atoms with Crippen LogP contribution in [0.3, 0.4) is 0 Å². The molecular weight excluding hydrogens is 269 g/mol. The van der Waals surface area contributed by atoms with E-state index < -0.39 is 0 Å². The number of nitrogens with zero attached hydrogens (tertiary/aromatic N) is 1. The normalized spacial score (nSPS) is 17.1. The first kappa shape index (κ1) is 13.7. The third-order valence-corrected chi connectivity index (χ3v) is 3.85. The minimum absolute atomic E-state index is 0.0265. The number of benzene rings is 1. The number of rotatable bonds is 1. The van der Waals surface area contributed by atoms with E-state index >= 15 is 0 Å². The molecule has 1 aliphatic heterocycles. The van der Waals surface area contributed by atoms with E-state index in [0.717, 1.165) is 25.9 Å². The van der Waals surface area contributed by atoms with Crippen LogP contribution in [0.2, 0.25) is 10.0 Å². The van der Waals surface area contributed by atoms with Crippen molar-refractivity contribution in [3.05, 3.63) is 33.8 Å². The summed E-state index contributed by atoms with van der Waals surface area (Å²) in [5.41, 5.74) is 0.557. The van der Waals surface area contributed by atoms with Crippen LogP contribution in [0.1, 0.15) is 42.5 Å². The van der Waals surface area contributed by atoms with Crippen LogP contribution in [0.5, 0.6) is 0 Å². The van der Waals surface area contributed by atoms with Gasteiger partial charge in [0.05, 0.1) is 10.6 Å². The van der Waals surface area contributed by atoms with E-state index in [0.29, 0.717) is 15.6 Å². The largest absolute Gasteiger partial charge is 0.339 e. The van der Waals surface area contributed by atoms with E-state index in [1.807, 2.05) is 4.90 Å². The molecule has 0 spiro atoms. The monoisotopic (exact) mass is 285 g/mol. The van der Waals surface area contributed by atoms with Gasteiger partial charge in [-0.25, -0.2) is 0 Å². The lowest BCUT2D eigenvalue weighted by molar-refractivity contribution is 0.0742. The lowest BCUT2D eigenvalue weighted by Crippen LogP contribution is -2.33. The SMILES string of the molecule is O=C(c1ccc(Cl)cc1Cl)N1CCCCCCC1. The molecule has 0 aromatic heterocycles. The second-order valence-corrected chi connectivity index (χ2v) is 5.53. The maximum atomic E-state index is 12.4. The molecule has 0 bridgehead atoms. The fourth-order valence-corrected chi connectivity index (χ4v) is 2.77. The van der Waals surface area contributed by atoms with Crippen LogP contribution in [0.4, 0.5) is 0 Å². The summed E-state index contributed by atoms with van der Waals surface area (Å²) >= 11 is 11.9. The number of hydrogen-bond donors (Lipinski definition) is 0. The van der Waals surface area contributed by atoms with Crippen LogP contribution >= 0.6 is 23.2 Å². The molecule has 18 heavy (non-hydrogen) atoms. The Morgan fingerprint density at radius 1 is 1.00 bits per heavy atom. The fourth-order valence-electron chi connectivity index (χ4n) is 2.28. The molecule has 2 nitrogen and oxygen atoms in total. The molecule has 1 saturated heterocycles. The zero-order chi connectivity index (χ0) is 13.0. The molecule has 4 heteroatoms. The molecule has 1 aromatic rings. The summed E-state index contributed by atoms with van der Waals surface area (Å²) in [5, 5.41) is 0.999. The third kappa shape index (κ3) is 3.39. The topological polar surface area (TPSA) is 20.3 Å². The first-order chi connectivity index (χ1) is 8.68. The Hall–Kier alpha value is -0.730. The van der Waals surface area contributed by atoms with E-state index in [1.54, 1.807) is 18.2 Å². The lowest BCUT2D eigenvalue weighted by atomic mass is 10.1. The Morgan fingerprint density at radius 3 is 2.22 bits per heavy atom. The van der Waals surface area contributed by atoms with Gasteiger partial charge in [-0.1, -0.05) is 42.5 Å². The summed E-state index contributed by atoms with van der Waals surface area (Å²) in [4.78, 5) is 14.3. The Bertz CT molecular complexity index is 426. The first-order valence-corrected chi connectivity index (χ1v) is 7.18. The van der Waals surface area contributed by atoms with E-state index in [1.165, 1.54) is 19.3 Å². The van der Waals surface area contributed by atoms with Crippen molar-refractivity contribution >= 4 is 29.1 Å². The van der Waals surface area contributed by atoms with Gasteiger partial charge in [0.1, 0.15) is 0 Å². The van der Waals surface area contributed by atoms with Gasteiger partial charge in [-0.05, 0) is 31.0 Å². The second-order valence-electron chi connectivity index (χ2n) is 4.68. The molecule has 1 heterocycles. The van der Waals surface area contributed by atoms with Gasteiger partial charge in [0.15, 0.2) is 0 Å². The fraction of sp³-hybridized carbons (Fsp3) is 0.500. The smallest absolute Gasteiger partial charge is 0.255 e. The number of hydrogen-bond acceptors (Lipinski definition) is 1. The predicted octanol–water partition coefficient (Wildman–Crippen LogP) is 4.40. The van der Waals surface area contributed by atoms with Crippen molar-refractivity contribution in [2.75, 3.05) is 13.1 Å². The zero-order valence-electron chi connectivity index (χ0n) is 10.3. The molecule has 0 atom stereocenters. The highest BCUT2D eigenvalue weighted by atomic mass is 35.5. The summed E-state index contributed by atoms with van der Waals surface area (Å²) in [7, 11) is 0. The van der Waals surface area contributed by atoms with E-state index in [2.05, 4.69) is 0 Å². The van der Waals surface area contributed by atoms with E-state index in [4.69, 9.17) is 23.2 Å². The van der Waals surface area contributed by atoms with Gasteiger partial charge in [0.2, 0.25) is 0 Å². The molecule has 0 unspecified atom stereocenters. The van der Waals surface area contributed by atoms with Gasteiger partial charge in [0.25, 0.3) is 5.91 Å². The van der Waals surface area contributed by atoms with Crippen LogP contribution in [-0.4, -0.2) is 23.9 Å². The highest BCUT2D eigenvalue weighted by molar-refractivity contribution is 6.36. The molecule has 0 saturated carbocycles. The number of carbonyl (C=O) groups excluding carboxylic acids is 1. The Morgan fingerprint density at radius 2 is 1.61 bits per heavy atom. The minimum atomic E-state index is 0.0265. The van der Waals surface area contributed by atoms with Crippen molar-refractivity contribution in [3.8, 4) is 0 Å². The molecule has 1 fully saturated rings. The van der Waals surface area contributed by atoms with Gasteiger partial charge < -0.3 is 4.90 Å². The average Bonchev–Trinajstić information content (AvgIpc) is 2.27. The Labute approximate surface area is 118 Å². The summed E-state index contributed by atoms with van der Waals surface area (Å²) in [6, 6.07) is 5.05. The molecule has 0 radical (unpaired) electrons. The van der Waals surface area contributed by atoms with Gasteiger partial charge in [0, 0.05) is 18.1 Å². The van der Waals surface area contributed by atoms with Crippen LogP contribution in [-0.2, 0) is 0 Å². The molecule has 1 aliphatic rings. The van der Waals surface area contributed by atoms with Crippen molar-refractivity contribution < 1.29 is 4.79 Å². The molecule has 0 aliphatic carbocycles. The third-order valence-electron chi connectivity index (χ3n) is 3.30. The summed E-state index contributed by atoms with van der Waals surface area (Å²) < 4.78 is 0. The van der Waals surface area contributed by atoms with Crippen LogP contribution in [0.15, 0.2) is 18.2 Å². The predicted molar refractivity (Wildman–Crippen MR) is 75.5 cm³/mol. The van der Waals surface area contributed by atoms with Gasteiger partial charge >= 0.3 is 0 Å². The molecule has 1 amide bonds. The first-order valence-electron chi connectivity index (χ1n) is 6.43. The second kappa shape index (κ2) is 6.44. The summed E-state index contributed by atoms with van der Waals surface area (Å²) in [6.45, 7) is 1.66. The van der Waals surface area contributed by atoms with Crippen molar-refractivity contribution in [1.82, 2.24) is 4.90 Å². The van der Waals surface area contributed by atoms with Gasteiger partial charge in [-0.3, -0.25) is 4.79 Å². The lowest BCUT2D eigenvalue weighted by Gasteiger charge is -2.25. The maximum Gasteiger partial charge on any atom is 0.255 e. The van der Waals surface area contributed by atoms with Gasteiger partial charge in [-0.15, -0.1) is 0 Å². The number of halogens is 2. The van der Waals surface area contributed by atoms with Gasteiger partial charge in [-0.2, -0.15) is 0 Å². The number of amides is 1. The van der Waals surface area contributed by atoms with E-state index in [9.17, 15) is 4.79 Å². The molecule has 98 valence electrons. The Balaban J connectivity index is 2.13. The highest BCUT2D eigenvalue weighted by Gasteiger charge is 2.18. The molecule has 2 rings (SSSR count). The molecular formula is C14H17Cl2NO. The molecule has 1 aromatic carbocycles. The highest BCUT2D eigenvalue weighted by Crippen LogP contribution is 2.23. The Kier molecular flexibility index (Phi) is 4.90. The number of carbonyl (C=O) groups is 1. The number of likely N-dealkylation sites (tertiary alicyclic amines) is 1. The summed E-state index contributed by atoms with van der Waals surface area (Å²) in [5.74, 6) is 0.0265. The summed E-state index contributed by atoms with van der Waals surface area (Å²) in [6.07, 6.45) is 5.86. The van der Waals surface area contributed by atoms with Crippen molar-refractivity contribution in [1.29, 1.82) is 0 Å².